The van der Waals surface area contributed by atoms with Gasteiger partial charge in [0.15, 0.2) is 5.82 Å². The third kappa shape index (κ3) is 3.00. The van der Waals surface area contributed by atoms with Crippen molar-refractivity contribution >= 4 is 5.69 Å². The first kappa shape index (κ1) is 11.5. The molecule has 0 aliphatic carbocycles. The summed E-state index contributed by atoms with van der Waals surface area (Å²) in [5.74, 6) is 0.788. The largest absolute Gasteiger partial charge is 0.399 e. The Balaban J connectivity index is 2.05. The van der Waals surface area contributed by atoms with Crippen molar-refractivity contribution in [3.8, 4) is 0 Å². The minimum absolute atomic E-state index is 0.788. The normalized spacial score (nSPS) is 10.5. The van der Waals surface area contributed by atoms with Crippen LogP contribution in [0.2, 0.25) is 0 Å². The molecule has 17 heavy (non-hydrogen) atoms. The molecule has 2 N–H and O–H groups in total. The summed E-state index contributed by atoms with van der Waals surface area (Å²) in [6.45, 7) is 3.87. The number of nitrogens with two attached hydrogens (primary N) is 1. The van der Waals surface area contributed by atoms with Crippen LogP contribution in [0.5, 0.6) is 0 Å². The topological polar surface area (TPSA) is 64.7 Å². The SMILES string of the molecule is Cc1nnc(CCc2cccc(N)c2)nc1C. The summed E-state index contributed by atoms with van der Waals surface area (Å²) >= 11 is 0. The van der Waals surface area contributed by atoms with Crippen LogP contribution in [0.25, 0.3) is 0 Å². The van der Waals surface area contributed by atoms with Crippen molar-refractivity contribution in [3.63, 3.8) is 0 Å². The van der Waals surface area contributed by atoms with E-state index in [9.17, 15) is 0 Å². The minimum Gasteiger partial charge on any atom is -0.399 e. The monoisotopic (exact) mass is 228 g/mol. The van der Waals surface area contributed by atoms with Crippen molar-refractivity contribution in [3.05, 3.63) is 47.0 Å². The highest BCUT2D eigenvalue weighted by Gasteiger charge is 2.02. The lowest BCUT2D eigenvalue weighted by Gasteiger charge is -2.03. The van der Waals surface area contributed by atoms with Crippen molar-refractivity contribution in [2.24, 2.45) is 0 Å². The van der Waals surface area contributed by atoms with E-state index in [1.165, 1.54) is 5.56 Å². The molecule has 1 aromatic heterocycles. The van der Waals surface area contributed by atoms with Crippen LogP contribution in [0.3, 0.4) is 0 Å². The number of aromatic nitrogens is 3. The second kappa shape index (κ2) is 4.91. The molecule has 1 heterocycles. The van der Waals surface area contributed by atoms with Gasteiger partial charge in [0, 0.05) is 12.1 Å². The molecule has 0 unspecified atom stereocenters. The summed E-state index contributed by atoms with van der Waals surface area (Å²) in [5.41, 5.74) is 9.56. The molecule has 4 nitrogen and oxygen atoms in total. The highest BCUT2D eigenvalue weighted by molar-refractivity contribution is 5.40. The third-order valence-electron chi connectivity index (χ3n) is 2.72. The fraction of sp³-hybridized carbons (Fsp3) is 0.308. The number of aryl methyl sites for hydroxylation is 4. The van der Waals surface area contributed by atoms with Crippen LogP contribution >= 0.6 is 0 Å². The zero-order valence-electron chi connectivity index (χ0n) is 10.1. The summed E-state index contributed by atoms with van der Waals surface area (Å²) < 4.78 is 0. The zero-order chi connectivity index (χ0) is 12.3. The van der Waals surface area contributed by atoms with Crippen LogP contribution in [-0.4, -0.2) is 15.2 Å². The highest BCUT2D eigenvalue weighted by atomic mass is 15.2. The van der Waals surface area contributed by atoms with E-state index in [-0.39, 0.29) is 0 Å². The Bertz CT molecular complexity index is 523. The summed E-state index contributed by atoms with van der Waals surface area (Å²) in [5, 5.41) is 8.16. The Kier molecular flexibility index (Phi) is 3.32. The van der Waals surface area contributed by atoms with Crippen LogP contribution in [0.15, 0.2) is 24.3 Å². The number of rotatable bonds is 3. The van der Waals surface area contributed by atoms with Crippen molar-refractivity contribution in [2.75, 3.05) is 5.73 Å². The van der Waals surface area contributed by atoms with Gasteiger partial charge in [0.25, 0.3) is 0 Å². The third-order valence-corrected chi connectivity index (χ3v) is 2.72. The van der Waals surface area contributed by atoms with Gasteiger partial charge in [-0.2, -0.15) is 5.10 Å². The lowest BCUT2D eigenvalue weighted by Crippen LogP contribution is -2.04. The van der Waals surface area contributed by atoms with Crippen LogP contribution in [0.4, 0.5) is 5.69 Å². The fourth-order valence-electron chi connectivity index (χ4n) is 1.61. The quantitative estimate of drug-likeness (QED) is 0.814. The Morgan fingerprint density at radius 3 is 2.59 bits per heavy atom. The van der Waals surface area contributed by atoms with Crippen molar-refractivity contribution < 1.29 is 0 Å². The van der Waals surface area contributed by atoms with E-state index in [1.54, 1.807) is 0 Å². The summed E-state index contributed by atoms with van der Waals surface area (Å²) in [6.07, 6.45) is 1.67. The average Bonchev–Trinajstić information content (AvgIpc) is 2.31. The molecule has 0 saturated carbocycles. The number of hydrogen-bond donors (Lipinski definition) is 1. The Morgan fingerprint density at radius 1 is 1.06 bits per heavy atom. The maximum Gasteiger partial charge on any atom is 0.151 e. The molecular formula is C13H16N4. The Labute approximate surface area is 101 Å². The molecule has 4 heteroatoms. The zero-order valence-corrected chi connectivity index (χ0v) is 10.1. The van der Waals surface area contributed by atoms with Crippen molar-refractivity contribution in [1.82, 2.24) is 15.2 Å². The number of benzene rings is 1. The second-order valence-corrected chi connectivity index (χ2v) is 4.14. The molecule has 0 aliphatic rings. The molecule has 1 aromatic carbocycles. The summed E-state index contributed by atoms with van der Waals surface area (Å²) in [4.78, 5) is 4.41. The van der Waals surface area contributed by atoms with Gasteiger partial charge in [0.2, 0.25) is 0 Å². The fourth-order valence-corrected chi connectivity index (χ4v) is 1.61. The summed E-state index contributed by atoms with van der Waals surface area (Å²) in [7, 11) is 0. The summed E-state index contributed by atoms with van der Waals surface area (Å²) in [6, 6.07) is 7.89. The van der Waals surface area contributed by atoms with E-state index in [1.807, 2.05) is 32.0 Å². The number of hydrogen-bond acceptors (Lipinski definition) is 4. The molecule has 0 spiro atoms. The predicted molar refractivity (Wildman–Crippen MR) is 67.6 cm³/mol. The first-order valence-electron chi connectivity index (χ1n) is 5.66. The minimum atomic E-state index is 0.788. The van der Waals surface area contributed by atoms with Gasteiger partial charge in [-0.25, -0.2) is 4.98 Å². The van der Waals surface area contributed by atoms with Crippen LogP contribution in [-0.2, 0) is 12.8 Å². The molecular weight excluding hydrogens is 212 g/mol. The molecule has 0 bridgehead atoms. The van der Waals surface area contributed by atoms with Gasteiger partial charge >= 0.3 is 0 Å². The highest BCUT2D eigenvalue weighted by Crippen LogP contribution is 2.09. The van der Waals surface area contributed by atoms with Gasteiger partial charge in [-0.3, -0.25) is 0 Å². The van der Waals surface area contributed by atoms with Gasteiger partial charge in [0.1, 0.15) is 0 Å². The van der Waals surface area contributed by atoms with Gasteiger partial charge in [-0.1, -0.05) is 12.1 Å². The maximum atomic E-state index is 5.73. The van der Waals surface area contributed by atoms with Crippen LogP contribution in [0, 0.1) is 13.8 Å². The van der Waals surface area contributed by atoms with Gasteiger partial charge < -0.3 is 5.73 Å². The first-order chi connectivity index (χ1) is 8.15. The average molecular weight is 228 g/mol. The van der Waals surface area contributed by atoms with Gasteiger partial charge in [-0.05, 0) is 38.0 Å². The lowest BCUT2D eigenvalue weighted by molar-refractivity contribution is 0.772. The molecule has 2 rings (SSSR count). The van der Waals surface area contributed by atoms with Gasteiger partial charge in [0.05, 0.1) is 11.4 Å². The molecule has 0 fully saturated rings. The Hall–Kier alpha value is -1.97. The van der Waals surface area contributed by atoms with E-state index in [4.69, 9.17) is 5.73 Å². The second-order valence-electron chi connectivity index (χ2n) is 4.14. The lowest BCUT2D eigenvalue weighted by atomic mass is 10.1. The van der Waals surface area contributed by atoms with Gasteiger partial charge in [-0.15, -0.1) is 5.10 Å². The molecule has 0 radical (unpaired) electrons. The number of nitrogens with zero attached hydrogens (tertiary/aromatic N) is 3. The first-order valence-corrected chi connectivity index (χ1v) is 5.66. The molecule has 0 aliphatic heterocycles. The maximum absolute atomic E-state index is 5.73. The van der Waals surface area contributed by atoms with E-state index in [0.717, 1.165) is 35.7 Å². The molecule has 88 valence electrons. The smallest absolute Gasteiger partial charge is 0.151 e. The molecule has 0 amide bonds. The molecule has 0 saturated heterocycles. The van der Waals surface area contributed by atoms with E-state index in [0.29, 0.717) is 0 Å². The number of nitrogen functional groups attached to an aromatic ring is 1. The van der Waals surface area contributed by atoms with E-state index >= 15 is 0 Å². The van der Waals surface area contributed by atoms with Crippen LogP contribution in [0.1, 0.15) is 22.8 Å². The standard InChI is InChI=1S/C13H16N4/c1-9-10(2)16-17-13(15-9)7-6-11-4-3-5-12(14)8-11/h3-5,8H,6-7,14H2,1-2H3. The number of anilines is 1. The van der Waals surface area contributed by atoms with Crippen LogP contribution < -0.4 is 5.73 Å². The predicted octanol–water partition coefficient (Wildman–Crippen LogP) is 1.86. The molecule has 2 aromatic rings. The Morgan fingerprint density at radius 2 is 1.88 bits per heavy atom. The molecule has 0 atom stereocenters. The van der Waals surface area contributed by atoms with Crippen molar-refractivity contribution in [1.29, 1.82) is 0 Å². The van der Waals surface area contributed by atoms with E-state index < -0.39 is 0 Å². The van der Waals surface area contributed by atoms with Crippen molar-refractivity contribution in [2.45, 2.75) is 26.7 Å². The van der Waals surface area contributed by atoms with E-state index in [2.05, 4.69) is 21.2 Å².